The molecule has 1 amide bonds. The molecule has 1 aromatic carbocycles. The summed E-state index contributed by atoms with van der Waals surface area (Å²) < 4.78 is 3.03. The van der Waals surface area contributed by atoms with Crippen LogP contribution < -0.4 is 0 Å². The van der Waals surface area contributed by atoms with E-state index >= 15 is 0 Å². The van der Waals surface area contributed by atoms with Crippen LogP contribution in [0.1, 0.15) is 18.8 Å². The monoisotopic (exact) mass is 391 g/mol. The number of alkyl halides is 1. The Hall–Kier alpha value is -0.820. The largest absolute Gasteiger partial charge is 0.347 e. The van der Waals surface area contributed by atoms with Gasteiger partial charge in [-0.25, -0.2) is 4.98 Å². The highest BCUT2D eigenvalue weighted by Crippen LogP contribution is 2.24. The van der Waals surface area contributed by atoms with E-state index in [1.54, 1.807) is 19.0 Å². The first-order valence-corrected chi connectivity index (χ1v) is 7.50. The lowest BCUT2D eigenvalue weighted by molar-refractivity contribution is -0.131. The van der Waals surface area contributed by atoms with Crippen molar-refractivity contribution in [3.8, 4) is 0 Å². The van der Waals surface area contributed by atoms with E-state index in [-0.39, 0.29) is 17.8 Å². The third-order valence-corrected chi connectivity index (χ3v) is 3.94. The van der Waals surface area contributed by atoms with Crippen LogP contribution in [-0.4, -0.2) is 34.5 Å². The standard InChI is InChI=1S/C13H15ClIN3O/c1-8(13(19)17(2)3)18-11-5-4-9(15)6-10(11)16-12(18)7-14/h4-6,8H,7H2,1-3H3. The second-order valence-electron chi connectivity index (χ2n) is 4.57. The van der Waals surface area contributed by atoms with Crippen molar-refractivity contribution >= 4 is 51.1 Å². The summed E-state index contributed by atoms with van der Waals surface area (Å²) in [6, 6.07) is 5.68. The topological polar surface area (TPSA) is 38.1 Å². The van der Waals surface area contributed by atoms with Gasteiger partial charge in [-0.3, -0.25) is 4.79 Å². The van der Waals surface area contributed by atoms with Gasteiger partial charge in [-0.05, 0) is 47.7 Å². The molecule has 0 spiro atoms. The number of hydrogen-bond donors (Lipinski definition) is 0. The zero-order valence-corrected chi connectivity index (χ0v) is 13.9. The van der Waals surface area contributed by atoms with Gasteiger partial charge in [0.05, 0.1) is 16.9 Å². The zero-order chi connectivity index (χ0) is 14.2. The Morgan fingerprint density at radius 1 is 1.53 bits per heavy atom. The van der Waals surface area contributed by atoms with Gasteiger partial charge in [0.15, 0.2) is 0 Å². The number of amides is 1. The highest BCUT2D eigenvalue weighted by molar-refractivity contribution is 14.1. The summed E-state index contributed by atoms with van der Waals surface area (Å²) in [5.74, 6) is 1.04. The van der Waals surface area contributed by atoms with E-state index in [0.717, 1.165) is 20.4 Å². The molecule has 0 saturated carbocycles. The van der Waals surface area contributed by atoms with Crippen molar-refractivity contribution in [3.63, 3.8) is 0 Å². The smallest absolute Gasteiger partial charge is 0.244 e. The van der Waals surface area contributed by atoms with Gasteiger partial charge in [-0.2, -0.15) is 0 Å². The molecule has 1 unspecified atom stereocenters. The third-order valence-electron chi connectivity index (χ3n) is 3.03. The molecule has 0 aliphatic heterocycles. The van der Waals surface area contributed by atoms with Gasteiger partial charge in [0.25, 0.3) is 0 Å². The summed E-state index contributed by atoms with van der Waals surface area (Å²) in [5.41, 5.74) is 1.82. The van der Waals surface area contributed by atoms with Crippen LogP contribution in [0.2, 0.25) is 0 Å². The van der Waals surface area contributed by atoms with E-state index < -0.39 is 0 Å². The van der Waals surface area contributed by atoms with Gasteiger partial charge in [0.1, 0.15) is 11.9 Å². The molecule has 0 aliphatic carbocycles. The fourth-order valence-corrected chi connectivity index (χ4v) is 2.80. The molecule has 102 valence electrons. The summed E-state index contributed by atoms with van der Waals surface area (Å²) in [6.45, 7) is 1.87. The molecule has 0 bridgehead atoms. The second-order valence-corrected chi connectivity index (χ2v) is 6.09. The van der Waals surface area contributed by atoms with Gasteiger partial charge < -0.3 is 9.47 Å². The van der Waals surface area contributed by atoms with Crippen LogP contribution in [0.5, 0.6) is 0 Å². The molecule has 6 heteroatoms. The minimum Gasteiger partial charge on any atom is -0.347 e. The maximum atomic E-state index is 12.2. The summed E-state index contributed by atoms with van der Waals surface area (Å²) in [7, 11) is 3.50. The number of aromatic nitrogens is 2. The first kappa shape index (κ1) is 14.6. The SMILES string of the molecule is CC(C(=O)N(C)C)n1c(CCl)nc2cc(I)ccc21. The van der Waals surface area contributed by atoms with E-state index in [0.29, 0.717) is 0 Å². The van der Waals surface area contributed by atoms with E-state index in [9.17, 15) is 4.79 Å². The molecule has 19 heavy (non-hydrogen) atoms. The van der Waals surface area contributed by atoms with Gasteiger partial charge >= 0.3 is 0 Å². The maximum absolute atomic E-state index is 12.2. The number of imidazole rings is 1. The number of rotatable bonds is 3. The lowest BCUT2D eigenvalue weighted by Gasteiger charge is -2.20. The number of fused-ring (bicyclic) bond motifs is 1. The second kappa shape index (κ2) is 5.66. The van der Waals surface area contributed by atoms with E-state index in [1.807, 2.05) is 29.7 Å². The molecule has 1 heterocycles. The van der Waals surface area contributed by atoms with Crippen molar-refractivity contribution in [2.24, 2.45) is 0 Å². The number of benzene rings is 1. The average molecular weight is 392 g/mol. The Labute approximate surface area is 130 Å². The number of hydrogen-bond acceptors (Lipinski definition) is 2. The third kappa shape index (κ3) is 2.72. The summed E-state index contributed by atoms with van der Waals surface area (Å²) >= 11 is 8.21. The van der Waals surface area contributed by atoms with Crippen LogP contribution >= 0.6 is 34.2 Å². The molecule has 0 radical (unpaired) electrons. The van der Waals surface area contributed by atoms with Gasteiger partial charge in [0.2, 0.25) is 5.91 Å². The van der Waals surface area contributed by atoms with Crippen LogP contribution in [0.4, 0.5) is 0 Å². The van der Waals surface area contributed by atoms with Crippen LogP contribution in [0.3, 0.4) is 0 Å². The summed E-state index contributed by atoms with van der Waals surface area (Å²) in [4.78, 5) is 18.2. The number of halogens is 2. The molecule has 2 rings (SSSR count). The number of carbonyl (C=O) groups is 1. The highest BCUT2D eigenvalue weighted by atomic mass is 127. The van der Waals surface area contributed by atoms with E-state index in [2.05, 4.69) is 27.6 Å². The van der Waals surface area contributed by atoms with Crippen molar-refractivity contribution < 1.29 is 4.79 Å². The predicted molar refractivity (Wildman–Crippen MR) is 85.4 cm³/mol. The Kier molecular flexibility index (Phi) is 4.35. The van der Waals surface area contributed by atoms with Gasteiger partial charge in [-0.1, -0.05) is 0 Å². The van der Waals surface area contributed by atoms with Crippen LogP contribution in [0, 0.1) is 3.57 Å². The molecule has 4 nitrogen and oxygen atoms in total. The fraction of sp³-hybridized carbons (Fsp3) is 0.385. The van der Waals surface area contributed by atoms with Crippen molar-refractivity contribution in [2.75, 3.05) is 14.1 Å². The molecular formula is C13H15ClIN3O. The van der Waals surface area contributed by atoms with Crippen LogP contribution in [-0.2, 0) is 10.7 Å². The van der Waals surface area contributed by atoms with E-state index in [1.165, 1.54) is 0 Å². The van der Waals surface area contributed by atoms with Gasteiger partial charge in [0, 0.05) is 17.7 Å². The van der Waals surface area contributed by atoms with Crippen LogP contribution in [0.15, 0.2) is 18.2 Å². The number of carbonyl (C=O) groups excluding carboxylic acids is 1. The molecule has 0 N–H and O–H groups in total. The maximum Gasteiger partial charge on any atom is 0.244 e. The van der Waals surface area contributed by atoms with Crippen molar-refractivity contribution in [3.05, 3.63) is 27.6 Å². The van der Waals surface area contributed by atoms with Crippen molar-refractivity contribution in [1.29, 1.82) is 0 Å². The minimum atomic E-state index is -0.311. The normalized spacial score (nSPS) is 12.7. The lowest BCUT2D eigenvalue weighted by Crippen LogP contribution is -2.30. The Morgan fingerprint density at radius 2 is 2.21 bits per heavy atom. The molecule has 2 aromatic rings. The van der Waals surface area contributed by atoms with Crippen LogP contribution in [0.25, 0.3) is 11.0 Å². The first-order chi connectivity index (χ1) is 8.95. The Bertz CT molecular complexity index is 624. The molecule has 0 aliphatic rings. The van der Waals surface area contributed by atoms with Crippen molar-refractivity contribution in [2.45, 2.75) is 18.8 Å². The first-order valence-electron chi connectivity index (χ1n) is 5.89. The van der Waals surface area contributed by atoms with Crippen molar-refractivity contribution in [1.82, 2.24) is 14.5 Å². The lowest BCUT2D eigenvalue weighted by atomic mass is 10.2. The van der Waals surface area contributed by atoms with Gasteiger partial charge in [-0.15, -0.1) is 11.6 Å². The number of likely N-dealkylation sites (N-methyl/N-ethyl adjacent to an activating group) is 1. The Balaban J connectivity index is 2.60. The predicted octanol–water partition coefficient (Wildman–Crippen LogP) is 3.03. The fourth-order valence-electron chi connectivity index (χ4n) is 2.13. The molecule has 0 fully saturated rings. The summed E-state index contributed by atoms with van der Waals surface area (Å²) in [5, 5.41) is 0. The zero-order valence-electron chi connectivity index (χ0n) is 11.0. The molecule has 1 atom stereocenters. The average Bonchev–Trinajstić information content (AvgIpc) is 2.74. The Morgan fingerprint density at radius 3 is 2.79 bits per heavy atom. The minimum absolute atomic E-state index is 0.0317. The molecular weight excluding hydrogens is 377 g/mol. The molecule has 1 aromatic heterocycles. The molecule has 0 saturated heterocycles. The number of nitrogens with zero attached hydrogens (tertiary/aromatic N) is 3. The summed E-state index contributed by atoms with van der Waals surface area (Å²) in [6.07, 6.45) is 0. The quantitative estimate of drug-likeness (QED) is 0.596. The highest BCUT2D eigenvalue weighted by Gasteiger charge is 2.22. The van der Waals surface area contributed by atoms with E-state index in [4.69, 9.17) is 11.6 Å².